The number of nitrogens with zero attached hydrogens (tertiary/aromatic N) is 1. The maximum Gasteiger partial charge on any atom is 0.106 e. The molecule has 1 heterocycles. The number of pyridine rings is 1. The number of hydrogen-bond acceptors (Lipinski definition) is 1. The van der Waals surface area contributed by atoms with E-state index in [0.717, 1.165) is 4.60 Å². The third-order valence-electron chi connectivity index (χ3n) is 2.76. The van der Waals surface area contributed by atoms with Crippen molar-refractivity contribution in [1.82, 2.24) is 4.98 Å². The minimum absolute atomic E-state index is 0.714. The van der Waals surface area contributed by atoms with Crippen molar-refractivity contribution in [2.45, 2.75) is 38.0 Å². The first-order valence-corrected chi connectivity index (χ1v) is 5.78. The topological polar surface area (TPSA) is 12.9 Å². The Morgan fingerprint density at radius 3 is 2.62 bits per heavy atom. The van der Waals surface area contributed by atoms with Crippen molar-refractivity contribution in [1.29, 1.82) is 0 Å². The second-order valence-electron chi connectivity index (χ2n) is 3.72. The van der Waals surface area contributed by atoms with Crippen molar-refractivity contribution in [3.63, 3.8) is 0 Å². The van der Waals surface area contributed by atoms with Crippen LogP contribution < -0.4 is 0 Å². The molecule has 1 aliphatic rings. The van der Waals surface area contributed by atoms with Gasteiger partial charge in [0.25, 0.3) is 0 Å². The number of rotatable bonds is 1. The summed E-state index contributed by atoms with van der Waals surface area (Å²) in [7, 11) is 0. The van der Waals surface area contributed by atoms with Crippen LogP contribution in [0, 0.1) is 0 Å². The van der Waals surface area contributed by atoms with Crippen LogP contribution in [0.25, 0.3) is 0 Å². The van der Waals surface area contributed by atoms with Crippen molar-refractivity contribution < 1.29 is 0 Å². The fraction of sp³-hybridized carbons (Fsp3) is 0.545. The molecule has 2 rings (SSSR count). The molecule has 0 radical (unpaired) electrons. The van der Waals surface area contributed by atoms with E-state index in [1.807, 2.05) is 6.07 Å². The molecular weight excluding hydrogens is 226 g/mol. The highest BCUT2D eigenvalue weighted by molar-refractivity contribution is 9.10. The summed E-state index contributed by atoms with van der Waals surface area (Å²) >= 11 is 3.42. The first kappa shape index (κ1) is 9.20. The summed E-state index contributed by atoms with van der Waals surface area (Å²) in [5.74, 6) is 0.714. The lowest BCUT2D eigenvalue weighted by Gasteiger charge is -2.20. The summed E-state index contributed by atoms with van der Waals surface area (Å²) in [5, 5.41) is 0. The van der Waals surface area contributed by atoms with E-state index in [9.17, 15) is 0 Å². The van der Waals surface area contributed by atoms with Crippen LogP contribution in [0.5, 0.6) is 0 Å². The Balaban J connectivity index is 2.14. The molecule has 0 spiro atoms. The summed E-state index contributed by atoms with van der Waals surface area (Å²) in [4.78, 5) is 4.51. The Morgan fingerprint density at radius 1 is 1.15 bits per heavy atom. The Hall–Kier alpha value is -0.370. The molecule has 1 aliphatic carbocycles. The maximum atomic E-state index is 4.51. The lowest BCUT2D eigenvalue weighted by molar-refractivity contribution is 0.436. The van der Waals surface area contributed by atoms with Crippen molar-refractivity contribution >= 4 is 15.9 Å². The van der Waals surface area contributed by atoms with Crippen molar-refractivity contribution in [3.05, 3.63) is 28.5 Å². The second-order valence-corrected chi connectivity index (χ2v) is 4.53. The molecule has 0 unspecified atom stereocenters. The minimum atomic E-state index is 0.714. The first-order valence-electron chi connectivity index (χ1n) is 4.99. The van der Waals surface area contributed by atoms with E-state index in [-0.39, 0.29) is 0 Å². The van der Waals surface area contributed by atoms with Gasteiger partial charge in [-0.1, -0.05) is 25.3 Å². The van der Waals surface area contributed by atoms with Crippen LogP contribution in [0.3, 0.4) is 0 Å². The van der Waals surface area contributed by atoms with Crippen LogP contribution in [-0.2, 0) is 0 Å². The zero-order chi connectivity index (χ0) is 9.10. The average Bonchev–Trinajstić information content (AvgIpc) is 2.19. The highest BCUT2D eigenvalue weighted by atomic mass is 79.9. The van der Waals surface area contributed by atoms with E-state index >= 15 is 0 Å². The molecule has 1 fully saturated rings. The van der Waals surface area contributed by atoms with Gasteiger partial charge in [0.15, 0.2) is 0 Å². The molecule has 0 aromatic carbocycles. The van der Waals surface area contributed by atoms with Gasteiger partial charge in [-0.2, -0.15) is 0 Å². The molecule has 0 atom stereocenters. The van der Waals surface area contributed by atoms with Crippen LogP contribution in [0.2, 0.25) is 0 Å². The van der Waals surface area contributed by atoms with Crippen molar-refractivity contribution in [3.8, 4) is 0 Å². The Labute approximate surface area is 87.7 Å². The van der Waals surface area contributed by atoms with Crippen LogP contribution in [0.4, 0.5) is 0 Å². The average molecular weight is 240 g/mol. The van der Waals surface area contributed by atoms with E-state index in [0.29, 0.717) is 5.92 Å². The highest BCUT2D eigenvalue weighted by Gasteiger charge is 2.16. The van der Waals surface area contributed by atoms with E-state index < -0.39 is 0 Å². The number of aromatic nitrogens is 1. The quantitative estimate of drug-likeness (QED) is 0.678. The van der Waals surface area contributed by atoms with Gasteiger partial charge in [0, 0.05) is 11.6 Å². The summed E-state index contributed by atoms with van der Waals surface area (Å²) in [6, 6.07) is 6.23. The van der Waals surface area contributed by atoms with Crippen molar-refractivity contribution in [2.75, 3.05) is 0 Å². The van der Waals surface area contributed by atoms with Gasteiger partial charge in [0.05, 0.1) is 0 Å². The van der Waals surface area contributed by atoms with E-state index in [2.05, 4.69) is 33.0 Å². The van der Waals surface area contributed by atoms with Crippen LogP contribution >= 0.6 is 15.9 Å². The van der Waals surface area contributed by atoms with Gasteiger partial charge in [0.1, 0.15) is 4.60 Å². The molecule has 0 bridgehead atoms. The summed E-state index contributed by atoms with van der Waals surface area (Å²) < 4.78 is 0.968. The van der Waals surface area contributed by atoms with Crippen molar-refractivity contribution in [2.24, 2.45) is 0 Å². The smallest absolute Gasteiger partial charge is 0.106 e. The second kappa shape index (κ2) is 4.23. The largest absolute Gasteiger partial charge is 0.246 e. The van der Waals surface area contributed by atoms with Crippen LogP contribution in [0.1, 0.15) is 43.7 Å². The molecule has 2 heteroatoms. The van der Waals surface area contributed by atoms with Crippen LogP contribution in [0.15, 0.2) is 22.8 Å². The predicted molar refractivity (Wildman–Crippen MR) is 57.8 cm³/mol. The monoisotopic (exact) mass is 239 g/mol. The van der Waals surface area contributed by atoms with E-state index in [4.69, 9.17) is 0 Å². The van der Waals surface area contributed by atoms with E-state index in [1.54, 1.807) is 0 Å². The molecule has 1 aromatic rings. The summed E-state index contributed by atoms with van der Waals surface area (Å²) in [5.41, 5.74) is 1.27. The standard InChI is InChI=1S/C11H14BrN/c12-11-8-4-7-10(13-11)9-5-2-1-3-6-9/h4,7-9H,1-3,5-6H2. The van der Waals surface area contributed by atoms with Gasteiger partial charge in [-0.15, -0.1) is 0 Å². The van der Waals surface area contributed by atoms with Gasteiger partial charge < -0.3 is 0 Å². The third-order valence-corrected chi connectivity index (χ3v) is 3.20. The number of hydrogen-bond donors (Lipinski definition) is 0. The molecule has 1 nitrogen and oxygen atoms in total. The van der Waals surface area contributed by atoms with Gasteiger partial charge in [-0.25, -0.2) is 4.98 Å². The molecule has 70 valence electrons. The molecule has 13 heavy (non-hydrogen) atoms. The van der Waals surface area contributed by atoms with E-state index in [1.165, 1.54) is 37.8 Å². The lowest BCUT2D eigenvalue weighted by atomic mass is 9.87. The summed E-state index contributed by atoms with van der Waals surface area (Å²) in [6.45, 7) is 0. The molecule has 0 saturated heterocycles. The highest BCUT2D eigenvalue weighted by Crippen LogP contribution is 2.31. The summed E-state index contributed by atoms with van der Waals surface area (Å²) in [6.07, 6.45) is 6.80. The zero-order valence-electron chi connectivity index (χ0n) is 7.67. The fourth-order valence-corrected chi connectivity index (χ4v) is 2.41. The Bertz CT molecular complexity index is 279. The normalized spacial score (nSPS) is 18.8. The SMILES string of the molecule is Brc1cccc(C2CCCCC2)n1. The molecule has 0 amide bonds. The molecular formula is C11H14BrN. The first-order chi connectivity index (χ1) is 6.36. The van der Waals surface area contributed by atoms with Crippen LogP contribution in [-0.4, -0.2) is 4.98 Å². The molecule has 1 saturated carbocycles. The van der Waals surface area contributed by atoms with Gasteiger partial charge in [-0.3, -0.25) is 0 Å². The third kappa shape index (κ3) is 2.31. The van der Waals surface area contributed by atoms with Gasteiger partial charge in [0.2, 0.25) is 0 Å². The fourth-order valence-electron chi connectivity index (χ4n) is 2.05. The minimum Gasteiger partial charge on any atom is -0.246 e. The Morgan fingerprint density at radius 2 is 1.92 bits per heavy atom. The molecule has 0 aliphatic heterocycles. The zero-order valence-corrected chi connectivity index (χ0v) is 9.26. The molecule has 1 aromatic heterocycles. The number of halogens is 1. The van der Waals surface area contributed by atoms with Gasteiger partial charge >= 0.3 is 0 Å². The Kier molecular flexibility index (Phi) is 2.99. The lowest BCUT2D eigenvalue weighted by Crippen LogP contribution is -2.06. The predicted octanol–water partition coefficient (Wildman–Crippen LogP) is 3.89. The molecule has 0 N–H and O–H groups in total. The maximum absolute atomic E-state index is 4.51. The van der Waals surface area contributed by atoms with Gasteiger partial charge in [-0.05, 0) is 40.9 Å².